The number of anilines is 1. The Kier molecular flexibility index (Phi) is 2.98. The lowest BCUT2D eigenvalue weighted by Gasteiger charge is -2.19. The molecule has 0 bridgehead atoms. The van der Waals surface area contributed by atoms with Gasteiger partial charge in [-0.3, -0.25) is 4.98 Å². The molecule has 20 heavy (non-hydrogen) atoms. The molecule has 0 aliphatic carbocycles. The predicted octanol–water partition coefficient (Wildman–Crippen LogP) is 4.24. The standard InChI is InChI=1S/C16H17N3S/c1-16(2,3)14-8-11(13-9-20-15(17)19-13)10-6-4-5-7-12(10)18-14/h4-9H,1-3H3,(H2,17,19). The summed E-state index contributed by atoms with van der Waals surface area (Å²) in [6, 6.07) is 10.3. The maximum atomic E-state index is 5.78. The zero-order chi connectivity index (χ0) is 14.3. The third-order valence-corrected chi connectivity index (χ3v) is 3.96. The highest BCUT2D eigenvalue weighted by molar-refractivity contribution is 7.13. The molecule has 0 saturated carbocycles. The van der Waals surface area contributed by atoms with E-state index >= 15 is 0 Å². The van der Waals surface area contributed by atoms with Crippen LogP contribution in [-0.2, 0) is 5.41 Å². The molecule has 1 aromatic carbocycles. The van der Waals surface area contributed by atoms with Crippen LogP contribution in [0.3, 0.4) is 0 Å². The van der Waals surface area contributed by atoms with Gasteiger partial charge in [0.1, 0.15) is 0 Å². The molecular formula is C16H17N3S. The highest BCUT2D eigenvalue weighted by atomic mass is 32.1. The molecule has 0 spiro atoms. The molecule has 0 amide bonds. The minimum absolute atomic E-state index is 0.000345. The maximum Gasteiger partial charge on any atom is 0.180 e. The number of benzene rings is 1. The van der Waals surface area contributed by atoms with Crippen molar-refractivity contribution >= 4 is 27.4 Å². The van der Waals surface area contributed by atoms with Crippen molar-refractivity contribution in [3.05, 3.63) is 41.4 Å². The number of rotatable bonds is 1. The first kappa shape index (κ1) is 13.1. The Balaban J connectivity index is 2.33. The van der Waals surface area contributed by atoms with Crippen molar-refractivity contribution in [2.24, 2.45) is 0 Å². The predicted molar refractivity (Wildman–Crippen MR) is 86.0 cm³/mol. The molecule has 0 unspecified atom stereocenters. The second kappa shape index (κ2) is 4.56. The van der Waals surface area contributed by atoms with Gasteiger partial charge < -0.3 is 5.73 Å². The first-order chi connectivity index (χ1) is 9.45. The summed E-state index contributed by atoms with van der Waals surface area (Å²) in [6.07, 6.45) is 0. The SMILES string of the molecule is CC(C)(C)c1cc(-c2csc(N)n2)c2ccccc2n1. The number of hydrogen-bond acceptors (Lipinski definition) is 4. The topological polar surface area (TPSA) is 51.8 Å². The van der Waals surface area contributed by atoms with Gasteiger partial charge in [0.15, 0.2) is 5.13 Å². The molecule has 4 heteroatoms. The largest absolute Gasteiger partial charge is 0.375 e. The molecule has 0 aliphatic heterocycles. The van der Waals surface area contributed by atoms with E-state index in [1.165, 1.54) is 11.3 Å². The van der Waals surface area contributed by atoms with Gasteiger partial charge in [0, 0.05) is 27.4 Å². The van der Waals surface area contributed by atoms with E-state index in [-0.39, 0.29) is 5.41 Å². The molecule has 0 fully saturated rings. The van der Waals surface area contributed by atoms with Crippen molar-refractivity contribution in [1.82, 2.24) is 9.97 Å². The fourth-order valence-corrected chi connectivity index (χ4v) is 2.75. The monoisotopic (exact) mass is 283 g/mol. The highest BCUT2D eigenvalue weighted by Crippen LogP contribution is 2.33. The number of aromatic nitrogens is 2. The maximum absolute atomic E-state index is 5.78. The number of hydrogen-bond donors (Lipinski definition) is 1. The third kappa shape index (κ3) is 2.27. The number of para-hydroxylation sites is 1. The summed E-state index contributed by atoms with van der Waals surface area (Å²) in [5, 5.41) is 3.72. The second-order valence-electron chi connectivity index (χ2n) is 5.89. The number of nitrogens with two attached hydrogens (primary N) is 1. The Bertz CT molecular complexity index is 769. The van der Waals surface area contributed by atoms with Crippen LogP contribution in [0.4, 0.5) is 5.13 Å². The van der Waals surface area contributed by atoms with Crippen LogP contribution in [0.15, 0.2) is 35.7 Å². The van der Waals surface area contributed by atoms with Crippen LogP contribution in [-0.4, -0.2) is 9.97 Å². The smallest absolute Gasteiger partial charge is 0.180 e. The van der Waals surface area contributed by atoms with Gasteiger partial charge in [-0.2, -0.15) is 0 Å². The first-order valence-electron chi connectivity index (χ1n) is 6.57. The lowest BCUT2D eigenvalue weighted by molar-refractivity contribution is 0.572. The summed E-state index contributed by atoms with van der Waals surface area (Å²) in [7, 11) is 0. The van der Waals surface area contributed by atoms with Crippen molar-refractivity contribution in [2.75, 3.05) is 5.73 Å². The zero-order valence-corrected chi connectivity index (χ0v) is 12.7. The summed E-state index contributed by atoms with van der Waals surface area (Å²) in [6.45, 7) is 6.51. The summed E-state index contributed by atoms with van der Waals surface area (Å²) >= 11 is 1.47. The van der Waals surface area contributed by atoms with Crippen LogP contribution in [0.1, 0.15) is 26.5 Å². The highest BCUT2D eigenvalue weighted by Gasteiger charge is 2.19. The summed E-state index contributed by atoms with van der Waals surface area (Å²) < 4.78 is 0. The van der Waals surface area contributed by atoms with Gasteiger partial charge >= 0.3 is 0 Å². The van der Waals surface area contributed by atoms with E-state index in [9.17, 15) is 0 Å². The Morgan fingerprint density at radius 1 is 1.10 bits per heavy atom. The van der Waals surface area contributed by atoms with Crippen molar-refractivity contribution in [3.63, 3.8) is 0 Å². The Morgan fingerprint density at radius 3 is 2.50 bits per heavy atom. The molecular weight excluding hydrogens is 266 g/mol. The molecule has 102 valence electrons. The van der Waals surface area contributed by atoms with Crippen molar-refractivity contribution in [1.29, 1.82) is 0 Å². The first-order valence-corrected chi connectivity index (χ1v) is 7.45. The molecule has 3 rings (SSSR count). The van der Waals surface area contributed by atoms with Gasteiger partial charge in [-0.1, -0.05) is 39.0 Å². The van der Waals surface area contributed by atoms with E-state index in [2.05, 4.69) is 37.9 Å². The van der Waals surface area contributed by atoms with E-state index in [0.717, 1.165) is 27.9 Å². The Labute approximate surface area is 122 Å². The molecule has 3 nitrogen and oxygen atoms in total. The molecule has 3 aromatic rings. The number of pyridine rings is 1. The fourth-order valence-electron chi connectivity index (χ4n) is 2.18. The minimum atomic E-state index is 0.000345. The fraction of sp³-hybridized carbons (Fsp3) is 0.250. The summed E-state index contributed by atoms with van der Waals surface area (Å²) in [5.41, 5.74) is 9.88. The summed E-state index contributed by atoms with van der Waals surface area (Å²) in [4.78, 5) is 9.21. The zero-order valence-electron chi connectivity index (χ0n) is 11.8. The van der Waals surface area contributed by atoms with Crippen molar-refractivity contribution in [2.45, 2.75) is 26.2 Å². The summed E-state index contributed by atoms with van der Waals surface area (Å²) in [5.74, 6) is 0. The number of nitrogens with zero attached hydrogens (tertiary/aromatic N) is 2. The lowest BCUT2D eigenvalue weighted by atomic mass is 9.89. The lowest BCUT2D eigenvalue weighted by Crippen LogP contribution is -2.13. The Morgan fingerprint density at radius 2 is 1.85 bits per heavy atom. The van der Waals surface area contributed by atoms with Gasteiger partial charge in [-0.15, -0.1) is 11.3 Å². The van der Waals surface area contributed by atoms with Crippen LogP contribution in [0.25, 0.3) is 22.2 Å². The third-order valence-electron chi connectivity index (χ3n) is 3.28. The second-order valence-corrected chi connectivity index (χ2v) is 6.78. The molecule has 2 heterocycles. The quantitative estimate of drug-likeness (QED) is 0.726. The molecule has 0 saturated heterocycles. The average molecular weight is 283 g/mol. The molecule has 0 aliphatic rings. The van der Waals surface area contributed by atoms with Gasteiger partial charge in [-0.25, -0.2) is 4.98 Å². The number of thiazole rings is 1. The minimum Gasteiger partial charge on any atom is -0.375 e. The van der Waals surface area contributed by atoms with Crippen molar-refractivity contribution in [3.8, 4) is 11.3 Å². The van der Waals surface area contributed by atoms with Gasteiger partial charge in [0.25, 0.3) is 0 Å². The molecule has 0 radical (unpaired) electrons. The number of fused-ring (bicyclic) bond motifs is 1. The van der Waals surface area contributed by atoms with Gasteiger partial charge in [-0.05, 0) is 12.1 Å². The number of nitrogen functional groups attached to an aromatic ring is 1. The van der Waals surface area contributed by atoms with E-state index in [4.69, 9.17) is 10.7 Å². The van der Waals surface area contributed by atoms with Gasteiger partial charge in [0.2, 0.25) is 0 Å². The Hall–Kier alpha value is -1.94. The molecule has 0 atom stereocenters. The van der Waals surface area contributed by atoms with Crippen LogP contribution in [0.5, 0.6) is 0 Å². The van der Waals surface area contributed by atoms with Crippen molar-refractivity contribution < 1.29 is 0 Å². The van der Waals surface area contributed by atoms with Gasteiger partial charge in [0.05, 0.1) is 11.2 Å². The van der Waals surface area contributed by atoms with Crippen LogP contribution in [0, 0.1) is 0 Å². The van der Waals surface area contributed by atoms with E-state index < -0.39 is 0 Å². The normalized spacial score (nSPS) is 11.9. The average Bonchev–Trinajstić information content (AvgIpc) is 2.83. The van der Waals surface area contributed by atoms with E-state index in [1.54, 1.807) is 0 Å². The molecule has 2 N–H and O–H groups in total. The van der Waals surface area contributed by atoms with Crippen LogP contribution >= 0.6 is 11.3 Å². The van der Waals surface area contributed by atoms with Crippen LogP contribution in [0.2, 0.25) is 0 Å². The van der Waals surface area contributed by atoms with E-state index in [1.807, 2.05) is 23.6 Å². The van der Waals surface area contributed by atoms with E-state index in [0.29, 0.717) is 5.13 Å². The molecule has 2 aromatic heterocycles. The van der Waals surface area contributed by atoms with Crippen LogP contribution < -0.4 is 5.73 Å².